The Morgan fingerprint density at radius 2 is 0.733 bits per heavy atom. The van der Waals surface area contributed by atoms with Crippen molar-refractivity contribution in [2.75, 3.05) is 0 Å². The summed E-state index contributed by atoms with van der Waals surface area (Å²) in [5.74, 6) is 2.09. The maximum absolute atomic E-state index is 6.91. The minimum atomic E-state index is -1.96. The summed E-state index contributed by atoms with van der Waals surface area (Å²) in [5.41, 5.74) is 2.43. The van der Waals surface area contributed by atoms with Crippen LogP contribution in [-0.4, -0.2) is 16.6 Å². The molecule has 0 aliphatic rings. The minimum absolute atomic E-state index is 0.0281. The van der Waals surface area contributed by atoms with Crippen LogP contribution in [0.4, 0.5) is 0 Å². The van der Waals surface area contributed by atoms with Crippen LogP contribution >= 0.6 is 0 Å². The highest BCUT2D eigenvalue weighted by Gasteiger charge is 2.42. The van der Waals surface area contributed by atoms with E-state index in [1.165, 1.54) is 11.1 Å². The Hall–Kier alpha value is -0.746. The van der Waals surface area contributed by atoms with E-state index in [0.29, 0.717) is 0 Å². The molecule has 1 aromatic rings. The van der Waals surface area contributed by atoms with Crippen LogP contribution < -0.4 is 8.85 Å². The van der Waals surface area contributed by atoms with Crippen LogP contribution in [0.15, 0.2) is 12.1 Å². The summed E-state index contributed by atoms with van der Waals surface area (Å²) in [6.07, 6.45) is 0. The van der Waals surface area contributed by atoms with Crippen LogP contribution in [0.5, 0.6) is 11.5 Å². The van der Waals surface area contributed by atoms with E-state index in [9.17, 15) is 0 Å². The van der Waals surface area contributed by atoms with Gasteiger partial charge in [-0.2, -0.15) is 0 Å². The first kappa shape index (κ1) is 27.3. The summed E-state index contributed by atoms with van der Waals surface area (Å²) in [5, 5.41) is 0.306. The highest BCUT2D eigenvalue weighted by molar-refractivity contribution is 6.75. The average molecular weight is 451 g/mol. The predicted molar refractivity (Wildman–Crippen MR) is 139 cm³/mol. The van der Waals surface area contributed by atoms with Gasteiger partial charge in [-0.05, 0) is 59.2 Å². The molecule has 30 heavy (non-hydrogen) atoms. The zero-order valence-corrected chi connectivity index (χ0v) is 25.0. The molecule has 0 N–H and O–H groups in total. The van der Waals surface area contributed by atoms with Gasteiger partial charge < -0.3 is 8.85 Å². The largest absolute Gasteiger partial charge is 0.543 e. The van der Waals surface area contributed by atoms with E-state index in [4.69, 9.17) is 8.85 Å². The first-order valence-corrected chi connectivity index (χ1v) is 17.3. The van der Waals surface area contributed by atoms with Crippen LogP contribution in [0.3, 0.4) is 0 Å². The van der Waals surface area contributed by atoms with Crippen LogP contribution in [0.1, 0.15) is 94.2 Å². The van der Waals surface area contributed by atoms with Crippen molar-refractivity contribution >= 4 is 16.6 Å². The monoisotopic (exact) mass is 450 g/mol. The van der Waals surface area contributed by atoms with Gasteiger partial charge in [-0.25, -0.2) is 0 Å². The normalized spacial score (nSPS) is 14.7. The second-order valence-electron chi connectivity index (χ2n) is 14.1. The van der Waals surface area contributed by atoms with E-state index in [1.807, 2.05) is 0 Å². The quantitative estimate of drug-likeness (QED) is 0.426. The zero-order chi connectivity index (χ0) is 24.1. The third-order valence-corrected chi connectivity index (χ3v) is 15.7. The predicted octanol–water partition coefficient (Wildman–Crippen LogP) is 9.05. The molecule has 0 aliphatic carbocycles. The standard InChI is InChI=1S/C26H50O2Si2/c1-23(2,3)19-17-22(28-30(15,16)26(10,11)12)20(24(4,5)6)18-21(19)27-29(13,14)25(7,8)9/h17-18H,1-16H3. The first-order chi connectivity index (χ1) is 12.9. The fraction of sp³-hybridized carbons (Fsp3) is 0.769. The molecule has 0 spiro atoms. The molecule has 174 valence electrons. The van der Waals surface area contributed by atoms with E-state index in [1.54, 1.807) is 0 Å². The van der Waals surface area contributed by atoms with Crippen molar-refractivity contribution in [2.24, 2.45) is 0 Å². The summed E-state index contributed by atoms with van der Waals surface area (Å²) in [4.78, 5) is 0. The molecule has 0 heterocycles. The molecule has 0 saturated carbocycles. The van der Waals surface area contributed by atoms with Gasteiger partial charge in [-0.3, -0.25) is 0 Å². The molecule has 0 atom stereocenters. The van der Waals surface area contributed by atoms with Gasteiger partial charge >= 0.3 is 0 Å². The highest BCUT2D eigenvalue weighted by atomic mass is 28.4. The molecule has 0 aromatic heterocycles. The number of benzene rings is 1. The Morgan fingerprint density at radius 1 is 0.500 bits per heavy atom. The Labute approximate surface area is 190 Å². The van der Waals surface area contributed by atoms with Gasteiger partial charge in [-0.1, -0.05) is 83.1 Å². The average Bonchev–Trinajstić information content (AvgIpc) is 2.43. The van der Waals surface area contributed by atoms with Crippen molar-refractivity contribution in [3.8, 4) is 11.5 Å². The molecule has 4 heteroatoms. The highest BCUT2D eigenvalue weighted by Crippen LogP contribution is 2.47. The van der Waals surface area contributed by atoms with E-state index in [0.717, 1.165) is 11.5 Å². The molecule has 0 radical (unpaired) electrons. The Balaban J connectivity index is 3.79. The smallest absolute Gasteiger partial charge is 0.250 e. The fourth-order valence-electron chi connectivity index (χ4n) is 2.76. The van der Waals surface area contributed by atoms with Crippen molar-refractivity contribution in [1.29, 1.82) is 0 Å². The molecule has 0 saturated heterocycles. The SMILES string of the molecule is CC(C)(C)c1cc(O[Si](C)(C)C(C)(C)C)c(C(C)(C)C)cc1O[Si](C)(C)C(C)(C)C. The molecular weight excluding hydrogens is 400 g/mol. The summed E-state index contributed by atoms with van der Waals surface area (Å²) in [6, 6.07) is 4.59. The summed E-state index contributed by atoms with van der Waals surface area (Å²) < 4.78 is 13.8. The maximum Gasteiger partial charge on any atom is 0.250 e. The van der Waals surface area contributed by atoms with E-state index in [2.05, 4.69) is 121 Å². The van der Waals surface area contributed by atoms with Crippen molar-refractivity contribution < 1.29 is 8.85 Å². The summed E-state index contributed by atoms with van der Waals surface area (Å²) >= 11 is 0. The fourth-order valence-corrected chi connectivity index (χ4v) is 4.81. The van der Waals surface area contributed by atoms with Crippen LogP contribution in [-0.2, 0) is 10.8 Å². The van der Waals surface area contributed by atoms with Gasteiger partial charge in [0.1, 0.15) is 11.5 Å². The van der Waals surface area contributed by atoms with Gasteiger partial charge in [0.25, 0.3) is 0 Å². The van der Waals surface area contributed by atoms with E-state index >= 15 is 0 Å². The van der Waals surface area contributed by atoms with Crippen LogP contribution in [0.25, 0.3) is 0 Å². The third kappa shape index (κ3) is 6.15. The minimum Gasteiger partial charge on any atom is -0.543 e. The Bertz CT molecular complexity index is 684. The number of rotatable bonds is 4. The van der Waals surface area contributed by atoms with Crippen molar-refractivity contribution in [3.63, 3.8) is 0 Å². The maximum atomic E-state index is 6.91. The third-order valence-electron chi connectivity index (χ3n) is 7.04. The second-order valence-corrected chi connectivity index (χ2v) is 23.5. The molecule has 0 bridgehead atoms. The summed E-state index contributed by atoms with van der Waals surface area (Å²) in [7, 11) is -3.93. The zero-order valence-electron chi connectivity index (χ0n) is 23.0. The van der Waals surface area contributed by atoms with Crippen molar-refractivity contribution in [1.82, 2.24) is 0 Å². The lowest BCUT2D eigenvalue weighted by molar-refractivity contribution is 0.445. The Kier molecular flexibility index (Phi) is 7.27. The lowest BCUT2D eigenvalue weighted by Crippen LogP contribution is -2.45. The first-order valence-electron chi connectivity index (χ1n) is 11.5. The van der Waals surface area contributed by atoms with Crippen molar-refractivity contribution in [2.45, 2.75) is 130 Å². The van der Waals surface area contributed by atoms with Gasteiger partial charge in [0.05, 0.1) is 0 Å². The summed E-state index contributed by atoms with van der Waals surface area (Å²) in [6.45, 7) is 36.8. The Morgan fingerprint density at radius 3 is 0.900 bits per heavy atom. The van der Waals surface area contributed by atoms with Gasteiger partial charge in [0.15, 0.2) is 0 Å². The molecule has 0 fully saturated rings. The molecule has 0 aliphatic heterocycles. The molecule has 0 amide bonds. The molecule has 1 aromatic carbocycles. The van der Waals surface area contributed by atoms with Crippen molar-refractivity contribution in [3.05, 3.63) is 23.3 Å². The lowest BCUT2D eigenvalue weighted by atomic mass is 9.81. The molecule has 1 rings (SSSR count). The van der Waals surface area contributed by atoms with Gasteiger partial charge in [0.2, 0.25) is 16.6 Å². The molecule has 2 nitrogen and oxygen atoms in total. The molecular formula is C26H50O2Si2. The van der Waals surface area contributed by atoms with E-state index < -0.39 is 16.6 Å². The second kappa shape index (κ2) is 7.99. The lowest BCUT2D eigenvalue weighted by Gasteiger charge is -2.41. The number of hydrogen-bond donors (Lipinski definition) is 0. The van der Waals surface area contributed by atoms with E-state index in [-0.39, 0.29) is 20.9 Å². The van der Waals surface area contributed by atoms with Gasteiger partial charge in [-0.15, -0.1) is 0 Å². The topological polar surface area (TPSA) is 18.5 Å². The molecule has 0 unspecified atom stereocenters. The van der Waals surface area contributed by atoms with Crippen LogP contribution in [0, 0.1) is 0 Å². The van der Waals surface area contributed by atoms with Gasteiger partial charge in [0, 0.05) is 11.1 Å². The number of hydrogen-bond acceptors (Lipinski definition) is 2. The van der Waals surface area contributed by atoms with Crippen LogP contribution in [0.2, 0.25) is 36.3 Å².